The fourth-order valence-corrected chi connectivity index (χ4v) is 6.38. The number of hydrogen-bond donors (Lipinski definition) is 0. The van der Waals surface area contributed by atoms with E-state index in [0.29, 0.717) is 27.8 Å². The minimum atomic E-state index is 0.279. The Morgan fingerprint density at radius 2 is 0.646 bits per heavy atom. The summed E-state index contributed by atoms with van der Waals surface area (Å²) < 4.78 is 0. The van der Waals surface area contributed by atoms with Crippen LogP contribution in [0.5, 0.6) is 0 Å². The van der Waals surface area contributed by atoms with E-state index < -0.39 is 0 Å². The molecule has 0 atom stereocenters. The van der Waals surface area contributed by atoms with Crippen LogP contribution < -0.4 is 0 Å². The number of hydrogen-bond acceptors (Lipinski definition) is 2. The molecule has 0 aromatic heterocycles. The second kappa shape index (κ2) is 13.2. The molecule has 48 heavy (non-hydrogen) atoms. The monoisotopic (exact) mass is 609 g/mol. The third-order valence-electron chi connectivity index (χ3n) is 8.58. The lowest BCUT2D eigenvalue weighted by Crippen LogP contribution is -2.00. The van der Waals surface area contributed by atoms with Gasteiger partial charge in [0.2, 0.25) is 5.69 Å². The minimum Gasteiger partial charge on any atom is -0.237 e. The van der Waals surface area contributed by atoms with Crippen molar-refractivity contribution < 1.29 is 0 Å². The first-order chi connectivity index (χ1) is 23.7. The van der Waals surface area contributed by atoms with Gasteiger partial charge in [-0.25, -0.2) is 4.85 Å². The van der Waals surface area contributed by atoms with Gasteiger partial charge in [-0.15, -0.1) is 0 Å². The maximum atomic E-state index is 10.9. The standard InChI is InChI=1S/C45H27N3/c1-48-45-43(38-24-12-21-35(27-38)32-16-7-3-8-17-32)40(29-46)42(37-23-11-20-34(26-37)31-14-5-2-6-15-31)41(30-47)44(45)39-25-13-22-36(28-39)33-18-9-4-10-19-33/h2-28H. The van der Waals surface area contributed by atoms with Gasteiger partial charge in [0.25, 0.3) is 0 Å². The Morgan fingerprint density at radius 1 is 0.354 bits per heavy atom. The predicted molar refractivity (Wildman–Crippen MR) is 195 cm³/mol. The molecule has 0 radical (unpaired) electrons. The summed E-state index contributed by atoms with van der Waals surface area (Å²) in [6.07, 6.45) is 0. The Morgan fingerprint density at radius 3 is 0.958 bits per heavy atom. The van der Waals surface area contributed by atoms with E-state index in [2.05, 4.69) is 17.0 Å². The fourth-order valence-electron chi connectivity index (χ4n) is 6.38. The summed E-state index contributed by atoms with van der Waals surface area (Å²) in [7, 11) is 0. The summed E-state index contributed by atoms with van der Waals surface area (Å²) in [5.74, 6) is 0. The Hall–Kier alpha value is -6.99. The van der Waals surface area contributed by atoms with E-state index in [1.165, 1.54) is 0 Å². The van der Waals surface area contributed by atoms with E-state index >= 15 is 0 Å². The van der Waals surface area contributed by atoms with Gasteiger partial charge in [-0.3, -0.25) is 0 Å². The van der Waals surface area contributed by atoms with Gasteiger partial charge in [-0.1, -0.05) is 146 Å². The van der Waals surface area contributed by atoms with Crippen LogP contribution >= 0.6 is 0 Å². The zero-order chi connectivity index (χ0) is 32.9. The molecule has 0 aliphatic rings. The summed E-state index contributed by atoms with van der Waals surface area (Å²) in [4.78, 5) is 4.09. The van der Waals surface area contributed by atoms with Crippen molar-refractivity contribution >= 4 is 5.69 Å². The van der Waals surface area contributed by atoms with E-state index in [4.69, 9.17) is 6.57 Å². The van der Waals surface area contributed by atoms with Crippen molar-refractivity contribution in [2.45, 2.75) is 0 Å². The van der Waals surface area contributed by atoms with Crippen LogP contribution in [-0.4, -0.2) is 0 Å². The zero-order valence-corrected chi connectivity index (χ0v) is 25.9. The van der Waals surface area contributed by atoms with Crippen molar-refractivity contribution in [3.05, 3.63) is 186 Å². The van der Waals surface area contributed by atoms with Gasteiger partial charge in [0, 0.05) is 16.7 Å². The Balaban J connectivity index is 1.58. The highest BCUT2D eigenvalue weighted by molar-refractivity contribution is 6.04. The number of nitriles is 2. The number of nitrogens with zero attached hydrogens (tertiary/aromatic N) is 3. The van der Waals surface area contributed by atoms with Crippen molar-refractivity contribution in [1.29, 1.82) is 10.5 Å². The first-order valence-corrected chi connectivity index (χ1v) is 15.6. The van der Waals surface area contributed by atoms with Crippen LogP contribution in [0, 0.1) is 29.2 Å². The Labute approximate surface area is 280 Å². The lowest BCUT2D eigenvalue weighted by atomic mass is 9.81. The molecule has 0 N–H and O–H groups in total. The third kappa shape index (κ3) is 5.52. The van der Waals surface area contributed by atoms with Gasteiger partial charge in [0.05, 0.1) is 29.8 Å². The SMILES string of the molecule is [C-]#[N+]c1c(-c2cccc(-c3ccccc3)c2)c(C#N)c(-c2cccc(-c3ccccc3)c2)c(C#N)c1-c1cccc(-c2ccccc2)c1. The molecule has 3 heteroatoms. The lowest BCUT2D eigenvalue weighted by Gasteiger charge is -2.21. The van der Waals surface area contributed by atoms with Crippen LogP contribution in [-0.2, 0) is 0 Å². The molecule has 0 aliphatic heterocycles. The van der Waals surface area contributed by atoms with Crippen LogP contribution in [0.3, 0.4) is 0 Å². The predicted octanol–water partition coefficient (Wildman–Crippen LogP) is 12.0. The first kappa shape index (κ1) is 29.7. The molecule has 0 unspecified atom stereocenters. The van der Waals surface area contributed by atoms with Crippen LogP contribution in [0.4, 0.5) is 5.69 Å². The van der Waals surface area contributed by atoms with Gasteiger partial charge in [0.15, 0.2) is 0 Å². The molecule has 222 valence electrons. The molecular weight excluding hydrogens is 583 g/mol. The highest BCUT2D eigenvalue weighted by Crippen LogP contribution is 2.50. The topological polar surface area (TPSA) is 51.9 Å². The molecule has 0 saturated carbocycles. The van der Waals surface area contributed by atoms with E-state index in [-0.39, 0.29) is 5.69 Å². The fraction of sp³-hybridized carbons (Fsp3) is 0. The molecule has 3 nitrogen and oxygen atoms in total. The van der Waals surface area contributed by atoms with Crippen molar-refractivity contribution in [3.63, 3.8) is 0 Å². The van der Waals surface area contributed by atoms with Gasteiger partial charge in [0.1, 0.15) is 0 Å². The molecule has 7 rings (SSSR count). The maximum Gasteiger partial charge on any atom is 0.205 e. The first-order valence-electron chi connectivity index (χ1n) is 15.6. The summed E-state index contributed by atoms with van der Waals surface area (Å²) in [6.45, 7) is 8.53. The highest BCUT2D eigenvalue weighted by Gasteiger charge is 2.27. The van der Waals surface area contributed by atoms with Gasteiger partial charge < -0.3 is 0 Å². The molecule has 0 amide bonds. The van der Waals surface area contributed by atoms with Crippen LogP contribution in [0.15, 0.2) is 164 Å². The molecule has 0 aliphatic carbocycles. The van der Waals surface area contributed by atoms with E-state index in [9.17, 15) is 10.5 Å². The van der Waals surface area contributed by atoms with E-state index in [1.54, 1.807) is 0 Å². The molecule has 7 aromatic rings. The Kier molecular flexibility index (Phi) is 8.15. The number of benzene rings is 7. The van der Waals surface area contributed by atoms with E-state index in [1.807, 2.05) is 164 Å². The van der Waals surface area contributed by atoms with Crippen molar-refractivity contribution in [1.82, 2.24) is 0 Å². The molecule has 0 spiro atoms. The second-order valence-corrected chi connectivity index (χ2v) is 11.4. The number of rotatable bonds is 6. The van der Waals surface area contributed by atoms with Crippen LogP contribution in [0.1, 0.15) is 11.1 Å². The lowest BCUT2D eigenvalue weighted by molar-refractivity contribution is 1.43. The largest absolute Gasteiger partial charge is 0.237 e. The Bertz CT molecular complexity index is 2110. The maximum absolute atomic E-state index is 10.9. The van der Waals surface area contributed by atoms with Gasteiger partial charge >= 0.3 is 0 Å². The summed E-state index contributed by atoms with van der Waals surface area (Å²) in [5.41, 5.74) is 10.7. The normalized spacial score (nSPS) is 10.4. The molecular formula is C45H27N3. The summed E-state index contributed by atoms with van der Waals surface area (Å²) >= 11 is 0. The zero-order valence-electron chi connectivity index (χ0n) is 25.9. The van der Waals surface area contributed by atoms with Crippen molar-refractivity contribution in [2.75, 3.05) is 0 Å². The summed E-state index contributed by atoms with van der Waals surface area (Å²) in [5, 5.41) is 21.9. The average Bonchev–Trinajstić information content (AvgIpc) is 3.17. The second-order valence-electron chi connectivity index (χ2n) is 11.4. The van der Waals surface area contributed by atoms with Crippen molar-refractivity contribution in [3.8, 4) is 78.9 Å². The highest BCUT2D eigenvalue weighted by atomic mass is 14.7. The summed E-state index contributed by atoms with van der Waals surface area (Å²) in [6, 6.07) is 58.9. The van der Waals surface area contributed by atoms with E-state index in [0.717, 1.165) is 50.1 Å². The van der Waals surface area contributed by atoms with Gasteiger partial charge in [-0.2, -0.15) is 10.5 Å². The van der Waals surface area contributed by atoms with Crippen LogP contribution in [0.25, 0.3) is 71.6 Å². The average molecular weight is 610 g/mol. The smallest absolute Gasteiger partial charge is 0.205 e. The quantitative estimate of drug-likeness (QED) is 0.176. The minimum absolute atomic E-state index is 0.279. The molecule has 7 aromatic carbocycles. The molecule has 0 heterocycles. The van der Waals surface area contributed by atoms with Crippen LogP contribution in [0.2, 0.25) is 0 Å². The van der Waals surface area contributed by atoms with Gasteiger partial charge in [-0.05, 0) is 68.3 Å². The van der Waals surface area contributed by atoms with Crippen molar-refractivity contribution in [2.24, 2.45) is 0 Å². The molecule has 0 saturated heterocycles. The molecule has 0 fully saturated rings. The molecule has 0 bridgehead atoms. The third-order valence-corrected chi connectivity index (χ3v) is 8.58.